The quantitative estimate of drug-likeness (QED) is 0.886. The highest BCUT2D eigenvalue weighted by Gasteiger charge is 2.13. The van der Waals surface area contributed by atoms with E-state index in [1.54, 1.807) is 26.1 Å². The smallest absolute Gasteiger partial charge is 0.184 e. The highest BCUT2D eigenvalue weighted by Crippen LogP contribution is 2.31. The fourth-order valence-electron chi connectivity index (χ4n) is 1.49. The molecule has 0 saturated heterocycles. The van der Waals surface area contributed by atoms with Gasteiger partial charge in [0.15, 0.2) is 5.13 Å². The lowest BCUT2D eigenvalue weighted by Crippen LogP contribution is -1.88. The molecule has 1 heterocycles. The summed E-state index contributed by atoms with van der Waals surface area (Å²) in [5.41, 5.74) is 1.91. The molecule has 0 aliphatic heterocycles. The number of benzene rings is 1. The highest BCUT2D eigenvalue weighted by molar-refractivity contribution is 7.16. The van der Waals surface area contributed by atoms with Crippen molar-refractivity contribution in [1.29, 1.82) is 5.26 Å². The Morgan fingerprint density at radius 3 is 2.82 bits per heavy atom. The fourth-order valence-corrected chi connectivity index (χ4v) is 2.23. The molecule has 0 radical (unpaired) electrons. The zero-order valence-electron chi connectivity index (χ0n) is 9.41. The molecular weight excluding hydrogens is 237 g/mol. The van der Waals surface area contributed by atoms with Crippen molar-refractivity contribution in [2.24, 2.45) is 0 Å². The van der Waals surface area contributed by atoms with Crippen LogP contribution in [0.4, 0.5) is 9.52 Å². The van der Waals surface area contributed by atoms with Gasteiger partial charge in [-0.05, 0) is 30.7 Å². The van der Waals surface area contributed by atoms with Crippen molar-refractivity contribution in [3.8, 4) is 17.3 Å². The average molecular weight is 247 g/mol. The molecule has 2 rings (SSSR count). The molecule has 0 aliphatic rings. The Morgan fingerprint density at radius 1 is 1.47 bits per heavy atom. The molecule has 0 fully saturated rings. The van der Waals surface area contributed by atoms with Crippen LogP contribution in [0.1, 0.15) is 10.4 Å². The van der Waals surface area contributed by atoms with Crippen LogP contribution in [0.25, 0.3) is 11.3 Å². The first-order chi connectivity index (χ1) is 8.15. The lowest BCUT2D eigenvalue weighted by molar-refractivity contribution is 0.619. The molecule has 1 N–H and O–H groups in total. The van der Waals surface area contributed by atoms with Gasteiger partial charge in [0, 0.05) is 12.6 Å². The van der Waals surface area contributed by atoms with E-state index >= 15 is 0 Å². The van der Waals surface area contributed by atoms with Crippen molar-refractivity contribution in [1.82, 2.24) is 4.98 Å². The average Bonchev–Trinajstić information content (AvgIpc) is 2.76. The Kier molecular flexibility index (Phi) is 3.07. The zero-order valence-corrected chi connectivity index (χ0v) is 10.2. The van der Waals surface area contributed by atoms with Gasteiger partial charge in [0.25, 0.3) is 0 Å². The summed E-state index contributed by atoms with van der Waals surface area (Å²) in [6, 6.07) is 6.83. The Labute approximate surface area is 103 Å². The third kappa shape index (κ3) is 2.12. The van der Waals surface area contributed by atoms with Crippen LogP contribution >= 0.6 is 11.3 Å². The topological polar surface area (TPSA) is 48.7 Å². The van der Waals surface area contributed by atoms with E-state index in [-0.39, 0.29) is 5.82 Å². The fraction of sp³-hybridized carbons (Fsp3) is 0.167. The van der Waals surface area contributed by atoms with Crippen LogP contribution in [0.5, 0.6) is 0 Å². The van der Waals surface area contributed by atoms with E-state index in [1.807, 2.05) is 0 Å². The van der Waals surface area contributed by atoms with E-state index in [0.29, 0.717) is 21.3 Å². The molecule has 1 aromatic heterocycles. The van der Waals surface area contributed by atoms with E-state index in [1.165, 1.54) is 17.4 Å². The summed E-state index contributed by atoms with van der Waals surface area (Å²) in [5, 5.41) is 12.6. The van der Waals surface area contributed by atoms with E-state index in [2.05, 4.69) is 16.4 Å². The van der Waals surface area contributed by atoms with Crippen LogP contribution in [-0.4, -0.2) is 12.0 Å². The van der Waals surface area contributed by atoms with Gasteiger partial charge in [0.1, 0.15) is 22.5 Å². The first-order valence-corrected chi connectivity index (χ1v) is 5.82. The second-order valence-electron chi connectivity index (χ2n) is 3.52. The van der Waals surface area contributed by atoms with E-state index in [0.717, 1.165) is 5.56 Å². The molecule has 5 heteroatoms. The van der Waals surface area contributed by atoms with Crippen LogP contribution in [-0.2, 0) is 0 Å². The third-order valence-corrected chi connectivity index (χ3v) is 3.35. The molecular formula is C12H10FN3S. The number of aryl methyl sites for hydroxylation is 1. The Balaban J connectivity index is 2.56. The summed E-state index contributed by atoms with van der Waals surface area (Å²) in [5.74, 6) is -0.253. The van der Waals surface area contributed by atoms with E-state index < -0.39 is 0 Å². The standard InChI is InChI=1S/C12H10FN3S/c1-7-5-8(3-4-9(7)13)11-10(6-14)17-12(15-2)16-11/h3-5H,1-2H3,(H,15,16). The van der Waals surface area contributed by atoms with Crippen LogP contribution in [0.2, 0.25) is 0 Å². The number of hydrogen-bond acceptors (Lipinski definition) is 4. The number of halogens is 1. The van der Waals surface area contributed by atoms with Crippen LogP contribution in [0.15, 0.2) is 18.2 Å². The number of aromatic nitrogens is 1. The zero-order chi connectivity index (χ0) is 12.4. The summed E-state index contributed by atoms with van der Waals surface area (Å²) in [6.45, 7) is 1.69. The molecule has 0 spiro atoms. The van der Waals surface area contributed by atoms with Crippen molar-refractivity contribution >= 4 is 16.5 Å². The number of nitriles is 1. The molecule has 3 nitrogen and oxygen atoms in total. The molecule has 86 valence electrons. The predicted molar refractivity (Wildman–Crippen MR) is 66.5 cm³/mol. The van der Waals surface area contributed by atoms with Crippen molar-refractivity contribution in [2.45, 2.75) is 6.92 Å². The van der Waals surface area contributed by atoms with Crippen molar-refractivity contribution in [2.75, 3.05) is 12.4 Å². The number of rotatable bonds is 2. The minimum Gasteiger partial charge on any atom is -0.365 e. The molecule has 0 bridgehead atoms. The number of hydrogen-bond donors (Lipinski definition) is 1. The van der Waals surface area contributed by atoms with Crippen LogP contribution in [0.3, 0.4) is 0 Å². The molecule has 0 aliphatic carbocycles. The van der Waals surface area contributed by atoms with Crippen LogP contribution in [0, 0.1) is 24.1 Å². The Hall–Kier alpha value is -1.93. The normalized spacial score (nSPS) is 10.0. The van der Waals surface area contributed by atoms with Gasteiger partial charge in [0.05, 0.1) is 0 Å². The predicted octanol–water partition coefficient (Wildman–Crippen LogP) is 3.17. The van der Waals surface area contributed by atoms with Gasteiger partial charge in [-0.25, -0.2) is 9.37 Å². The van der Waals surface area contributed by atoms with Crippen molar-refractivity contribution in [3.05, 3.63) is 34.5 Å². The first-order valence-electron chi connectivity index (χ1n) is 5.01. The van der Waals surface area contributed by atoms with Gasteiger partial charge >= 0.3 is 0 Å². The highest BCUT2D eigenvalue weighted by atomic mass is 32.1. The van der Waals surface area contributed by atoms with Gasteiger partial charge < -0.3 is 5.32 Å². The number of thiazole rings is 1. The minimum absolute atomic E-state index is 0.253. The number of nitrogens with one attached hydrogen (secondary N) is 1. The van der Waals surface area contributed by atoms with Gasteiger partial charge in [0.2, 0.25) is 0 Å². The molecule has 0 atom stereocenters. The SMILES string of the molecule is CNc1nc(-c2ccc(F)c(C)c2)c(C#N)s1. The molecule has 0 saturated carbocycles. The van der Waals surface area contributed by atoms with Gasteiger partial charge in [-0.1, -0.05) is 11.3 Å². The number of anilines is 1. The lowest BCUT2D eigenvalue weighted by atomic mass is 10.1. The van der Waals surface area contributed by atoms with Crippen molar-refractivity contribution in [3.63, 3.8) is 0 Å². The minimum atomic E-state index is -0.253. The molecule has 1 aromatic carbocycles. The third-order valence-electron chi connectivity index (χ3n) is 2.37. The molecule has 0 amide bonds. The summed E-state index contributed by atoms with van der Waals surface area (Å²) in [7, 11) is 1.75. The Bertz CT molecular complexity index is 598. The second kappa shape index (κ2) is 4.52. The van der Waals surface area contributed by atoms with E-state index in [4.69, 9.17) is 5.26 Å². The monoisotopic (exact) mass is 247 g/mol. The maximum atomic E-state index is 13.2. The summed E-state index contributed by atoms with van der Waals surface area (Å²) in [6.07, 6.45) is 0. The second-order valence-corrected chi connectivity index (χ2v) is 4.52. The van der Waals surface area contributed by atoms with Crippen LogP contribution < -0.4 is 5.32 Å². The van der Waals surface area contributed by atoms with Gasteiger partial charge in [-0.3, -0.25) is 0 Å². The first kappa shape index (κ1) is 11.6. The maximum absolute atomic E-state index is 13.2. The molecule has 17 heavy (non-hydrogen) atoms. The van der Waals surface area contributed by atoms with Crippen molar-refractivity contribution < 1.29 is 4.39 Å². The van der Waals surface area contributed by atoms with Gasteiger partial charge in [-0.15, -0.1) is 0 Å². The van der Waals surface area contributed by atoms with Gasteiger partial charge in [-0.2, -0.15) is 5.26 Å². The summed E-state index contributed by atoms with van der Waals surface area (Å²) < 4.78 is 13.2. The Morgan fingerprint density at radius 2 is 2.24 bits per heavy atom. The summed E-state index contributed by atoms with van der Waals surface area (Å²) in [4.78, 5) is 4.83. The summed E-state index contributed by atoms with van der Waals surface area (Å²) >= 11 is 1.29. The number of nitrogens with zero attached hydrogens (tertiary/aromatic N) is 2. The maximum Gasteiger partial charge on any atom is 0.184 e. The largest absolute Gasteiger partial charge is 0.365 e. The molecule has 0 unspecified atom stereocenters. The molecule has 2 aromatic rings. The lowest BCUT2D eigenvalue weighted by Gasteiger charge is -2.00. The van der Waals surface area contributed by atoms with E-state index in [9.17, 15) is 4.39 Å².